The van der Waals surface area contributed by atoms with E-state index in [1.165, 1.54) is 0 Å². The first kappa shape index (κ1) is 32.5. The van der Waals surface area contributed by atoms with E-state index in [-0.39, 0.29) is 152 Å². The van der Waals surface area contributed by atoms with Crippen LogP contribution in [0.25, 0.3) is 0 Å². The molecule has 0 amide bonds. The standard InChI is InChI=1S/Cu.Fe.La.Nd.Pr. The molecule has 0 rings (SSSR count). The van der Waals surface area contributed by atoms with E-state index in [0.29, 0.717) is 0 Å². The Hall–Kier alpha value is 4.95. The normalized spacial score (nSPS) is 0. The van der Waals surface area contributed by atoms with E-state index in [0.717, 1.165) is 0 Å². The van der Waals surface area contributed by atoms with E-state index in [4.69, 9.17) is 0 Å². The molecule has 29 valence electrons. The minimum atomic E-state index is 0. The summed E-state index contributed by atoms with van der Waals surface area (Å²) in [6, 6.07) is 0. The summed E-state index contributed by atoms with van der Waals surface area (Å²) in [6.45, 7) is 0. The summed E-state index contributed by atoms with van der Waals surface area (Å²) in [5, 5.41) is 0. The van der Waals surface area contributed by atoms with E-state index in [1.807, 2.05) is 0 Å². The predicted molar refractivity (Wildman–Crippen MR) is 0 cm³/mol. The van der Waals surface area contributed by atoms with Crippen LogP contribution in [-0.2, 0) is 34.1 Å². The maximum Gasteiger partial charge on any atom is 0 e. The topological polar surface area (TPSA) is 0 Å². The molecular weight excluding hydrogens is 543 g/mol. The molecule has 5 heteroatoms. The maximum atomic E-state index is 0. The molecule has 0 aliphatic carbocycles. The fourth-order valence-corrected chi connectivity index (χ4v) is 0. The Bertz CT molecular complexity index is 11.6. The Morgan fingerprint density at radius 2 is 1.00 bits per heavy atom. The van der Waals surface area contributed by atoms with Crippen LogP contribution in [0.3, 0.4) is 0 Å². The van der Waals surface area contributed by atoms with Gasteiger partial charge in [-0.1, -0.05) is 0 Å². The third-order valence-electron chi connectivity index (χ3n) is 0. The van der Waals surface area contributed by atoms with Crippen molar-refractivity contribution < 1.29 is 152 Å². The SMILES string of the molecule is [Cu].[Fe].[La].[Nd].[Pr]. The largest absolute Gasteiger partial charge is 0 e. The molecule has 0 atom stereocenters. The molecule has 3 radical (unpaired) electrons. The molecule has 0 aliphatic heterocycles. The van der Waals surface area contributed by atoms with Crippen molar-refractivity contribution in [2.45, 2.75) is 0 Å². The molecule has 0 aromatic carbocycles. The second-order valence-electron chi connectivity index (χ2n) is 0. The molecule has 5 heavy (non-hydrogen) atoms. The zero-order chi connectivity index (χ0) is 0. The van der Waals surface area contributed by atoms with Gasteiger partial charge in [-0.2, -0.15) is 0 Å². The first-order chi connectivity index (χ1) is 0. The molecule has 0 aromatic heterocycles. The maximum absolute atomic E-state index is 0. The number of hydrogen-bond donors (Lipinski definition) is 0. The van der Waals surface area contributed by atoms with Crippen molar-refractivity contribution in [2.24, 2.45) is 0 Å². The molecule has 0 saturated carbocycles. The Kier molecular flexibility index (Phi) is 150. The summed E-state index contributed by atoms with van der Waals surface area (Å²) in [7, 11) is 0. The van der Waals surface area contributed by atoms with E-state index in [1.54, 1.807) is 0 Å². The van der Waals surface area contributed by atoms with Gasteiger partial charge in [-0.15, -0.1) is 0 Å². The van der Waals surface area contributed by atoms with Crippen molar-refractivity contribution >= 4 is 0 Å². The van der Waals surface area contributed by atoms with E-state index in [2.05, 4.69) is 0 Å². The van der Waals surface area contributed by atoms with Gasteiger partial charge in [0.15, 0.2) is 0 Å². The van der Waals surface area contributed by atoms with Crippen LogP contribution in [0.1, 0.15) is 0 Å². The molecule has 0 fully saturated rings. The van der Waals surface area contributed by atoms with Gasteiger partial charge < -0.3 is 0 Å². The van der Waals surface area contributed by atoms with Gasteiger partial charge in [0.2, 0.25) is 0 Å². The van der Waals surface area contributed by atoms with Crippen LogP contribution in [0.4, 0.5) is 0 Å². The average molecular weight is 543 g/mol. The molecule has 0 bridgehead atoms. The average Bonchev–Trinajstić information content (AvgIpc) is 0. The van der Waals surface area contributed by atoms with Gasteiger partial charge in [0, 0.05) is 152 Å². The third kappa shape index (κ3) is 17.6. The van der Waals surface area contributed by atoms with Crippen molar-refractivity contribution in [1.82, 2.24) is 0 Å². The monoisotopic (exact) mass is 541 g/mol. The minimum absolute atomic E-state index is 0. The molecule has 0 nitrogen and oxygen atoms in total. The van der Waals surface area contributed by atoms with Gasteiger partial charge in [0.05, 0.1) is 0 Å². The Morgan fingerprint density at radius 3 is 1.00 bits per heavy atom. The van der Waals surface area contributed by atoms with Crippen LogP contribution >= 0.6 is 0 Å². The zero-order valence-corrected chi connectivity index (χ0v) is 14.9. The molecular formula is CuFeLaNdPr. The van der Waals surface area contributed by atoms with Gasteiger partial charge in [0.25, 0.3) is 0 Å². The van der Waals surface area contributed by atoms with Gasteiger partial charge in [-0.25, -0.2) is 0 Å². The minimum Gasteiger partial charge on any atom is 0 e. The summed E-state index contributed by atoms with van der Waals surface area (Å²) in [4.78, 5) is 0. The molecule has 0 aromatic rings. The first-order valence-electron chi connectivity index (χ1n) is 0. The number of hydrogen-bond acceptors (Lipinski definition) is 0. The summed E-state index contributed by atoms with van der Waals surface area (Å²) < 4.78 is 0. The van der Waals surface area contributed by atoms with Gasteiger partial charge in [-0.05, 0) is 0 Å². The van der Waals surface area contributed by atoms with Gasteiger partial charge in [-0.3, -0.25) is 0 Å². The van der Waals surface area contributed by atoms with Crippen LogP contribution in [-0.4, -0.2) is 0 Å². The first-order valence-corrected chi connectivity index (χ1v) is 0. The van der Waals surface area contributed by atoms with Crippen molar-refractivity contribution in [3.63, 3.8) is 0 Å². The smallest absolute Gasteiger partial charge is 0 e. The van der Waals surface area contributed by atoms with Crippen molar-refractivity contribution in [1.29, 1.82) is 0 Å². The number of rotatable bonds is 0. The van der Waals surface area contributed by atoms with Gasteiger partial charge >= 0.3 is 0 Å². The van der Waals surface area contributed by atoms with Crippen molar-refractivity contribution in [2.75, 3.05) is 0 Å². The van der Waals surface area contributed by atoms with E-state index >= 15 is 0 Å². The van der Waals surface area contributed by atoms with Crippen LogP contribution in [0, 0.1) is 118 Å². The summed E-state index contributed by atoms with van der Waals surface area (Å²) in [5.41, 5.74) is 0. The third-order valence-corrected chi connectivity index (χ3v) is 0. The Labute approximate surface area is 147 Å². The van der Waals surface area contributed by atoms with E-state index < -0.39 is 0 Å². The summed E-state index contributed by atoms with van der Waals surface area (Å²) in [6.07, 6.45) is 0. The zero-order valence-electron chi connectivity index (χ0n) is 2.31. The fourth-order valence-electron chi connectivity index (χ4n) is 0. The Morgan fingerprint density at radius 1 is 1.00 bits per heavy atom. The Balaban J connectivity index is 0. The second-order valence-corrected chi connectivity index (χ2v) is 0. The second kappa shape index (κ2) is 23.1. The molecule has 0 saturated heterocycles. The molecule has 0 heterocycles. The van der Waals surface area contributed by atoms with Crippen molar-refractivity contribution in [3.8, 4) is 0 Å². The molecule has 0 spiro atoms. The van der Waals surface area contributed by atoms with Crippen LogP contribution in [0.2, 0.25) is 0 Å². The van der Waals surface area contributed by atoms with Crippen LogP contribution < -0.4 is 0 Å². The van der Waals surface area contributed by atoms with Crippen LogP contribution in [0.15, 0.2) is 0 Å². The van der Waals surface area contributed by atoms with Crippen molar-refractivity contribution in [3.05, 3.63) is 0 Å². The predicted octanol–water partition coefficient (Wildman–Crippen LogP) is -0.00500. The molecule has 0 unspecified atom stereocenters. The molecule has 0 aliphatic rings. The van der Waals surface area contributed by atoms with Crippen LogP contribution in [0.5, 0.6) is 0 Å². The summed E-state index contributed by atoms with van der Waals surface area (Å²) in [5.74, 6) is 0. The molecule has 0 N–H and O–H groups in total. The van der Waals surface area contributed by atoms with E-state index in [9.17, 15) is 0 Å². The quantitative estimate of drug-likeness (QED) is 0.378. The van der Waals surface area contributed by atoms with Gasteiger partial charge in [0.1, 0.15) is 0 Å². The fraction of sp³-hybridized carbons (Fsp3) is 0. The summed E-state index contributed by atoms with van der Waals surface area (Å²) >= 11 is 0.